The highest BCUT2D eigenvalue weighted by Crippen LogP contribution is 2.38. The van der Waals surface area contributed by atoms with E-state index >= 15 is 0 Å². The standard InChI is InChI=1S/C29H46N2O3/c1-5-6-7-8-9-10-11-12-13-14-15-16-17-19-24-20-18-21-25(33-3)27(24)28-26(29(32)34-4)23(2)30-22-31-28/h18,20-22,28H,5-17,19H2,1-4H3,(H,30,31). The normalized spacial score (nSPS) is 15.4. The zero-order valence-corrected chi connectivity index (χ0v) is 22.0. The monoisotopic (exact) mass is 470 g/mol. The molecule has 0 fully saturated rings. The van der Waals surface area contributed by atoms with Gasteiger partial charge in [0.05, 0.1) is 26.1 Å². The van der Waals surface area contributed by atoms with Crippen molar-refractivity contribution >= 4 is 12.3 Å². The second kappa shape index (κ2) is 16.3. The maximum Gasteiger partial charge on any atom is 0.338 e. The van der Waals surface area contributed by atoms with Crippen molar-refractivity contribution in [1.82, 2.24) is 5.32 Å². The molecule has 34 heavy (non-hydrogen) atoms. The van der Waals surface area contributed by atoms with Gasteiger partial charge in [0, 0.05) is 11.3 Å². The molecule has 1 atom stereocenters. The Kier molecular flexibility index (Phi) is 13.4. The molecule has 0 spiro atoms. The minimum Gasteiger partial charge on any atom is -0.496 e. The van der Waals surface area contributed by atoms with E-state index in [1.807, 2.05) is 19.1 Å². The zero-order chi connectivity index (χ0) is 24.6. The molecule has 0 aromatic heterocycles. The van der Waals surface area contributed by atoms with Gasteiger partial charge < -0.3 is 14.8 Å². The molecule has 190 valence electrons. The summed E-state index contributed by atoms with van der Waals surface area (Å²) in [7, 11) is 3.09. The van der Waals surface area contributed by atoms with Gasteiger partial charge in [0.15, 0.2) is 0 Å². The first kappa shape index (κ1) is 27.9. The molecule has 5 nitrogen and oxygen atoms in total. The molecule has 0 aliphatic carbocycles. The fraction of sp³-hybridized carbons (Fsp3) is 0.655. The lowest BCUT2D eigenvalue weighted by molar-refractivity contribution is -0.136. The number of ether oxygens (including phenoxy) is 2. The minimum absolute atomic E-state index is 0.357. The first-order valence-corrected chi connectivity index (χ1v) is 13.4. The van der Waals surface area contributed by atoms with Gasteiger partial charge in [-0.1, -0.05) is 96.1 Å². The second-order valence-corrected chi connectivity index (χ2v) is 9.38. The van der Waals surface area contributed by atoms with Crippen LogP contribution in [0.5, 0.6) is 5.75 Å². The van der Waals surface area contributed by atoms with Gasteiger partial charge in [-0.15, -0.1) is 0 Å². The topological polar surface area (TPSA) is 59.9 Å². The molecular formula is C29H46N2O3. The summed E-state index contributed by atoms with van der Waals surface area (Å²) in [5.41, 5.74) is 3.48. The van der Waals surface area contributed by atoms with Crippen molar-refractivity contribution in [2.45, 2.75) is 110 Å². The number of aryl methyl sites for hydroxylation is 1. The highest BCUT2D eigenvalue weighted by atomic mass is 16.5. The van der Waals surface area contributed by atoms with Crippen molar-refractivity contribution in [2.75, 3.05) is 14.2 Å². The number of esters is 1. The third kappa shape index (κ3) is 8.81. The van der Waals surface area contributed by atoms with E-state index in [0.29, 0.717) is 5.57 Å². The van der Waals surface area contributed by atoms with Gasteiger partial charge in [-0.05, 0) is 31.4 Å². The number of rotatable bonds is 17. The molecule has 1 aromatic rings. The van der Waals surface area contributed by atoms with E-state index in [-0.39, 0.29) is 5.97 Å². The molecule has 1 heterocycles. The maximum absolute atomic E-state index is 12.5. The summed E-state index contributed by atoms with van der Waals surface area (Å²) >= 11 is 0. The number of aliphatic imine (C=N–C) groups is 1. The van der Waals surface area contributed by atoms with E-state index in [4.69, 9.17) is 9.47 Å². The average Bonchev–Trinajstić information content (AvgIpc) is 2.86. The van der Waals surface area contributed by atoms with Crippen molar-refractivity contribution in [3.63, 3.8) is 0 Å². The van der Waals surface area contributed by atoms with Crippen molar-refractivity contribution in [3.8, 4) is 5.75 Å². The molecule has 1 aliphatic heterocycles. The summed E-state index contributed by atoms with van der Waals surface area (Å²) in [5.74, 6) is 0.412. The number of benzene rings is 1. The van der Waals surface area contributed by atoms with Crippen molar-refractivity contribution in [3.05, 3.63) is 40.6 Å². The van der Waals surface area contributed by atoms with Crippen molar-refractivity contribution in [1.29, 1.82) is 0 Å². The molecule has 0 amide bonds. The van der Waals surface area contributed by atoms with E-state index < -0.39 is 6.04 Å². The van der Waals surface area contributed by atoms with Crippen LogP contribution in [-0.2, 0) is 16.0 Å². The summed E-state index contributed by atoms with van der Waals surface area (Å²) in [6, 6.07) is 5.70. The summed E-state index contributed by atoms with van der Waals surface area (Å²) in [6.07, 6.45) is 20.1. The molecule has 2 rings (SSSR count). The molecule has 1 aromatic carbocycles. The van der Waals surface area contributed by atoms with Crippen LogP contribution in [0.25, 0.3) is 0 Å². The molecule has 0 bridgehead atoms. The molecule has 5 heteroatoms. The second-order valence-electron chi connectivity index (χ2n) is 9.38. The molecule has 0 radical (unpaired) electrons. The molecule has 1 aliphatic rings. The van der Waals surface area contributed by atoms with Crippen LogP contribution in [0, 0.1) is 0 Å². The highest BCUT2D eigenvalue weighted by molar-refractivity contribution is 5.93. The lowest BCUT2D eigenvalue weighted by Gasteiger charge is -2.25. The summed E-state index contributed by atoms with van der Waals surface area (Å²) in [4.78, 5) is 17.1. The van der Waals surface area contributed by atoms with Crippen LogP contribution in [-0.4, -0.2) is 26.5 Å². The lowest BCUT2D eigenvalue weighted by Crippen LogP contribution is -2.26. The molecule has 0 saturated heterocycles. The van der Waals surface area contributed by atoms with Gasteiger partial charge in [-0.2, -0.15) is 0 Å². The predicted octanol–water partition coefficient (Wildman–Crippen LogP) is 7.45. The van der Waals surface area contributed by atoms with Crippen LogP contribution in [0.2, 0.25) is 0 Å². The summed E-state index contributed by atoms with van der Waals surface area (Å²) in [6.45, 7) is 4.16. The molecular weight excluding hydrogens is 424 g/mol. The number of nitrogens with zero attached hydrogens (tertiary/aromatic N) is 1. The van der Waals surface area contributed by atoms with Crippen LogP contribution >= 0.6 is 0 Å². The van der Waals surface area contributed by atoms with Crippen LogP contribution in [0.3, 0.4) is 0 Å². The maximum atomic E-state index is 12.5. The number of nitrogens with one attached hydrogen (secondary N) is 1. The Morgan fingerprint density at radius 3 is 2.06 bits per heavy atom. The van der Waals surface area contributed by atoms with Gasteiger partial charge in [0.2, 0.25) is 0 Å². The van der Waals surface area contributed by atoms with Crippen LogP contribution in [0.4, 0.5) is 0 Å². The van der Waals surface area contributed by atoms with Crippen molar-refractivity contribution in [2.24, 2.45) is 4.99 Å². The Morgan fingerprint density at radius 1 is 0.912 bits per heavy atom. The quantitative estimate of drug-likeness (QED) is 0.190. The van der Waals surface area contributed by atoms with Gasteiger partial charge >= 0.3 is 5.97 Å². The SMILES string of the molecule is CCCCCCCCCCCCCCCc1cccc(OC)c1C1N=CNC(C)=C1C(=O)OC. The Hall–Kier alpha value is -2.30. The van der Waals surface area contributed by atoms with Crippen LogP contribution < -0.4 is 10.1 Å². The van der Waals surface area contributed by atoms with E-state index in [1.54, 1.807) is 13.4 Å². The number of unbranched alkanes of at least 4 members (excludes halogenated alkanes) is 12. The van der Waals surface area contributed by atoms with Gasteiger partial charge in [-0.3, -0.25) is 4.99 Å². The van der Waals surface area contributed by atoms with Crippen LogP contribution in [0.15, 0.2) is 34.5 Å². The van der Waals surface area contributed by atoms with E-state index in [0.717, 1.165) is 29.9 Å². The third-order valence-electron chi connectivity index (χ3n) is 6.79. The van der Waals surface area contributed by atoms with E-state index in [2.05, 4.69) is 23.3 Å². The third-order valence-corrected chi connectivity index (χ3v) is 6.79. The van der Waals surface area contributed by atoms with E-state index in [1.165, 1.54) is 89.7 Å². The Bertz CT molecular complexity index is 801. The molecule has 1 unspecified atom stereocenters. The Morgan fingerprint density at radius 2 is 1.50 bits per heavy atom. The average molecular weight is 471 g/mol. The molecule has 0 saturated carbocycles. The smallest absolute Gasteiger partial charge is 0.338 e. The predicted molar refractivity (Wildman–Crippen MR) is 141 cm³/mol. The first-order chi connectivity index (χ1) is 16.6. The summed E-state index contributed by atoms with van der Waals surface area (Å²) < 4.78 is 10.7. The number of hydrogen-bond donors (Lipinski definition) is 1. The van der Waals surface area contributed by atoms with Gasteiger partial charge in [0.1, 0.15) is 11.8 Å². The lowest BCUT2D eigenvalue weighted by atomic mass is 9.89. The Balaban J connectivity index is 1.82. The van der Waals surface area contributed by atoms with E-state index in [9.17, 15) is 4.79 Å². The number of allylic oxidation sites excluding steroid dienone is 1. The number of hydrogen-bond acceptors (Lipinski definition) is 5. The minimum atomic E-state index is -0.415. The fourth-order valence-electron chi connectivity index (χ4n) is 4.79. The van der Waals surface area contributed by atoms with Crippen molar-refractivity contribution < 1.29 is 14.3 Å². The highest BCUT2D eigenvalue weighted by Gasteiger charge is 2.31. The first-order valence-electron chi connectivity index (χ1n) is 13.4. The molecule has 1 N–H and O–H groups in total. The van der Waals surface area contributed by atoms with Gasteiger partial charge in [0.25, 0.3) is 0 Å². The Labute approximate surface area is 207 Å². The number of methoxy groups -OCH3 is 2. The fourth-order valence-corrected chi connectivity index (χ4v) is 4.79. The number of carbonyl (C=O) groups excluding carboxylic acids is 1. The number of carbonyl (C=O) groups is 1. The van der Waals surface area contributed by atoms with Crippen LogP contribution in [0.1, 0.15) is 114 Å². The van der Waals surface area contributed by atoms with Gasteiger partial charge in [-0.25, -0.2) is 4.79 Å². The largest absolute Gasteiger partial charge is 0.496 e. The summed E-state index contributed by atoms with van der Waals surface area (Å²) in [5, 5.41) is 3.05. The zero-order valence-electron chi connectivity index (χ0n) is 22.0.